The maximum atomic E-state index is 13.2. The number of ether oxygens (including phenoxy) is 1. The molecular weight excluding hydrogens is 505 g/mol. The number of hydrogen-bond acceptors (Lipinski definition) is 5. The van der Waals surface area contributed by atoms with Crippen molar-refractivity contribution in [1.82, 2.24) is 9.21 Å². The van der Waals surface area contributed by atoms with Crippen molar-refractivity contribution in [2.45, 2.75) is 17.9 Å². The number of carboxylic acids is 1. The van der Waals surface area contributed by atoms with E-state index in [1.165, 1.54) is 47.4 Å². The van der Waals surface area contributed by atoms with Gasteiger partial charge in [0.2, 0.25) is 10.0 Å². The van der Waals surface area contributed by atoms with Gasteiger partial charge in [-0.3, -0.25) is 4.79 Å². The smallest absolute Gasteiger partial charge is 0.323 e. The molecule has 2 aromatic carbocycles. The number of sulfonamides is 1. The number of urea groups is 1. The van der Waals surface area contributed by atoms with E-state index in [0.29, 0.717) is 21.5 Å². The van der Waals surface area contributed by atoms with Gasteiger partial charge < -0.3 is 20.1 Å². The van der Waals surface area contributed by atoms with E-state index in [-0.39, 0.29) is 31.1 Å². The van der Waals surface area contributed by atoms with Gasteiger partial charge in [-0.25, -0.2) is 13.2 Å². The first-order chi connectivity index (χ1) is 16.1. The van der Waals surface area contributed by atoms with Gasteiger partial charge in [0.1, 0.15) is 18.4 Å². The minimum absolute atomic E-state index is 0.0139. The summed E-state index contributed by atoms with van der Waals surface area (Å²) in [6.45, 7) is 1.28. The molecule has 0 aromatic heterocycles. The molecule has 12 heteroatoms. The molecule has 1 aliphatic heterocycles. The molecule has 2 aromatic rings. The first-order valence-electron chi connectivity index (χ1n) is 10.0. The summed E-state index contributed by atoms with van der Waals surface area (Å²) in [6.07, 6.45) is 0. The van der Waals surface area contributed by atoms with Gasteiger partial charge in [0.15, 0.2) is 0 Å². The molecule has 0 saturated carbocycles. The van der Waals surface area contributed by atoms with Crippen LogP contribution in [-0.4, -0.2) is 67.0 Å². The molecule has 1 saturated heterocycles. The summed E-state index contributed by atoms with van der Waals surface area (Å²) in [5, 5.41) is 12.9. The number of nitrogens with zero attached hydrogens (tertiary/aromatic N) is 2. The number of benzene rings is 2. The summed E-state index contributed by atoms with van der Waals surface area (Å²) in [7, 11) is -4.14. The second-order valence-corrected chi connectivity index (χ2v) is 9.95. The molecule has 1 atom stereocenters. The summed E-state index contributed by atoms with van der Waals surface area (Å²) in [5.74, 6) is 4.47. The number of carboxylic acid groups (broad SMARTS) is 1. The number of piperazine rings is 1. The normalized spacial score (nSPS) is 16.3. The standard InChI is InChI=1S/C22H21Cl2N3O6S/c1-2-3-10-33-18-4-6-19(7-5-18)34(31,32)27-9-8-26(14-20(27)21(28)29)22(30)25-17-12-15(23)11-16(24)13-17/h4-7,11-13,20H,8-10,14H2,1H3,(H,25,30)(H,28,29). The number of rotatable bonds is 6. The Labute approximate surface area is 207 Å². The molecule has 180 valence electrons. The van der Waals surface area contributed by atoms with Crippen molar-refractivity contribution < 1.29 is 27.9 Å². The Morgan fingerprint density at radius 3 is 2.38 bits per heavy atom. The SMILES string of the molecule is CC#CCOc1ccc(S(=O)(=O)N2CCN(C(=O)Nc3cc(Cl)cc(Cl)c3)CC2C(=O)O)cc1. The maximum absolute atomic E-state index is 13.2. The Balaban J connectivity index is 1.74. The van der Waals surface area contributed by atoms with E-state index >= 15 is 0 Å². The van der Waals surface area contributed by atoms with Crippen LogP contribution in [0.4, 0.5) is 10.5 Å². The summed E-state index contributed by atoms with van der Waals surface area (Å²) >= 11 is 11.9. The lowest BCUT2D eigenvalue weighted by molar-refractivity contribution is -0.142. The van der Waals surface area contributed by atoms with E-state index in [4.69, 9.17) is 27.9 Å². The van der Waals surface area contributed by atoms with E-state index in [0.717, 1.165) is 4.31 Å². The molecular formula is C22H21Cl2N3O6S. The van der Waals surface area contributed by atoms with Crippen molar-refractivity contribution in [2.24, 2.45) is 0 Å². The van der Waals surface area contributed by atoms with Crippen LogP contribution < -0.4 is 10.1 Å². The molecule has 1 unspecified atom stereocenters. The van der Waals surface area contributed by atoms with Crippen LogP contribution in [0.25, 0.3) is 0 Å². The lowest BCUT2D eigenvalue weighted by Crippen LogP contribution is -2.59. The van der Waals surface area contributed by atoms with E-state index in [1.807, 2.05) is 0 Å². The number of halogens is 2. The van der Waals surface area contributed by atoms with Crippen LogP contribution in [0.5, 0.6) is 5.75 Å². The third kappa shape index (κ3) is 6.12. The second kappa shape index (κ2) is 11.0. The molecule has 1 heterocycles. The summed E-state index contributed by atoms with van der Waals surface area (Å²) in [6, 6.07) is 8.03. The Hall–Kier alpha value is -2.97. The van der Waals surface area contributed by atoms with Gasteiger partial charge >= 0.3 is 12.0 Å². The molecule has 0 aliphatic carbocycles. The molecule has 3 rings (SSSR count). The van der Waals surface area contributed by atoms with Crippen LogP contribution in [0, 0.1) is 11.8 Å². The Bertz CT molecular complexity index is 1220. The molecule has 0 spiro atoms. The third-order valence-electron chi connectivity index (χ3n) is 4.94. The first kappa shape index (κ1) is 25.6. The zero-order valence-electron chi connectivity index (χ0n) is 18.0. The highest BCUT2D eigenvalue weighted by Crippen LogP contribution is 2.26. The largest absolute Gasteiger partial charge is 0.481 e. The first-order valence-corrected chi connectivity index (χ1v) is 12.2. The molecule has 1 fully saturated rings. The number of nitrogens with one attached hydrogen (secondary N) is 1. The van der Waals surface area contributed by atoms with E-state index in [9.17, 15) is 23.1 Å². The predicted molar refractivity (Wildman–Crippen MR) is 128 cm³/mol. The van der Waals surface area contributed by atoms with Gasteiger partial charge in [-0.1, -0.05) is 29.1 Å². The van der Waals surface area contributed by atoms with Crippen molar-refractivity contribution in [3.05, 3.63) is 52.5 Å². The summed E-state index contributed by atoms with van der Waals surface area (Å²) in [5.41, 5.74) is 0.330. The fraction of sp³-hybridized carbons (Fsp3) is 0.273. The lowest BCUT2D eigenvalue weighted by Gasteiger charge is -2.38. The van der Waals surface area contributed by atoms with Crippen LogP contribution in [0.2, 0.25) is 10.0 Å². The van der Waals surface area contributed by atoms with Crippen LogP contribution in [0.15, 0.2) is 47.4 Å². The minimum Gasteiger partial charge on any atom is -0.481 e. The van der Waals surface area contributed by atoms with Crippen LogP contribution in [0.1, 0.15) is 6.92 Å². The van der Waals surface area contributed by atoms with E-state index in [2.05, 4.69) is 17.2 Å². The molecule has 2 N–H and O–H groups in total. The zero-order chi connectivity index (χ0) is 24.9. The Morgan fingerprint density at radius 1 is 1.15 bits per heavy atom. The highest BCUT2D eigenvalue weighted by molar-refractivity contribution is 7.89. The molecule has 0 radical (unpaired) electrons. The number of carbonyl (C=O) groups excluding carboxylic acids is 1. The molecule has 0 bridgehead atoms. The van der Waals surface area contributed by atoms with Crippen LogP contribution >= 0.6 is 23.2 Å². The topological polar surface area (TPSA) is 116 Å². The molecule has 2 amide bonds. The average molecular weight is 526 g/mol. The highest BCUT2D eigenvalue weighted by atomic mass is 35.5. The summed E-state index contributed by atoms with van der Waals surface area (Å²) in [4.78, 5) is 25.7. The van der Waals surface area contributed by atoms with E-state index in [1.54, 1.807) is 6.92 Å². The molecule has 34 heavy (non-hydrogen) atoms. The van der Waals surface area contributed by atoms with Crippen molar-refractivity contribution >= 4 is 50.9 Å². The molecule has 1 aliphatic rings. The monoisotopic (exact) mass is 525 g/mol. The minimum atomic E-state index is -4.14. The van der Waals surface area contributed by atoms with Gasteiger partial charge in [0, 0.05) is 35.4 Å². The van der Waals surface area contributed by atoms with Crippen LogP contribution in [0.3, 0.4) is 0 Å². The highest BCUT2D eigenvalue weighted by Gasteiger charge is 2.41. The van der Waals surface area contributed by atoms with Gasteiger partial charge in [0.05, 0.1) is 4.90 Å². The van der Waals surface area contributed by atoms with Gasteiger partial charge in [0.25, 0.3) is 0 Å². The number of amides is 2. The predicted octanol–water partition coefficient (Wildman–Crippen LogP) is 3.39. The average Bonchev–Trinajstić information content (AvgIpc) is 2.78. The Kier molecular flexibility index (Phi) is 8.28. The van der Waals surface area contributed by atoms with Crippen molar-refractivity contribution in [2.75, 3.05) is 31.6 Å². The molecule has 9 nitrogen and oxygen atoms in total. The van der Waals surface area contributed by atoms with Gasteiger partial charge in [-0.2, -0.15) is 4.31 Å². The number of hydrogen-bond donors (Lipinski definition) is 2. The fourth-order valence-electron chi connectivity index (χ4n) is 3.30. The summed E-state index contributed by atoms with van der Waals surface area (Å²) < 4.78 is 32.6. The number of carbonyl (C=O) groups is 2. The Morgan fingerprint density at radius 2 is 1.79 bits per heavy atom. The zero-order valence-corrected chi connectivity index (χ0v) is 20.3. The lowest BCUT2D eigenvalue weighted by atomic mass is 10.2. The number of anilines is 1. The van der Waals surface area contributed by atoms with Crippen molar-refractivity contribution in [1.29, 1.82) is 0 Å². The maximum Gasteiger partial charge on any atom is 0.323 e. The number of aliphatic carboxylic acids is 1. The van der Waals surface area contributed by atoms with Gasteiger partial charge in [-0.05, 0) is 49.4 Å². The van der Waals surface area contributed by atoms with Crippen LogP contribution in [-0.2, 0) is 14.8 Å². The van der Waals surface area contributed by atoms with Gasteiger partial charge in [-0.15, -0.1) is 5.92 Å². The van der Waals surface area contributed by atoms with Crippen molar-refractivity contribution in [3.8, 4) is 17.6 Å². The quantitative estimate of drug-likeness (QED) is 0.558. The third-order valence-corrected chi connectivity index (χ3v) is 7.29. The second-order valence-electron chi connectivity index (χ2n) is 7.19. The van der Waals surface area contributed by atoms with E-state index < -0.39 is 28.1 Å². The van der Waals surface area contributed by atoms with Crippen molar-refractivity contribution in [3.63, 3.8) is 0 Å². The fourth-order valence-corrected chi connectivity index (χ4v) is 5.39.